The Hall–Kier alpha value is -3.72. The molecule has 0 spiro atoms. The van der Waals surface area contributed by atoms with Crippen LogP contribution in [0.1, 0.15) is 11.1 Å². The lowest BCUT2D eigenvalue weighted by Gasteiger charge is -2.09. The van der Waals surface area contributed by atoms with Gasteiger partial charge in [0.2, 0.25) is 5.96 Å². The lowest BCUT2D eigenvalue weighted by atomic mass is 10.0. The van der Waals surface area contributed by atoms with Crippen molar-refractivity contribution < 1.29 is 17.5 Å². The Morgan fingerprint density at radius 3 is 2.59 bits per heavy atom. The van der Waals surface area contributed by atoms with E-state index in [0.29, 0.717) is 5.56 Å². The maximum absolute atomic E-state index is 12.8. The summed E-state index contributed by atoms with van der Waals surface area (Å²) in [5.74, 6) is -1.08. The third-order valence-corrected chi connectivity index (χ3v) is 4.16. The molecule has 1 amide bonds. The number of carbonyl (C=O) groups is 1. The average Bonchev–Trinajstić information content (AvgIpc) is 2.70. The standard InChI is InChI=1S/C20H18N4O4S/c1-29(26,27)28-24-20(21)23-19(25)18(17-7-4-10-22-13-17)12-14-8-9-15-5-2-3-6-16(15)11-14/h2-13H,1H3,(H3,21,23,24,25)/b18-12+. The summed E-state index contributed by atoms with van der Waals surface area (Å²) in [6.07, 6.45) is 5.62. The summed E-state index contributed by atoms with van der Waals surface area (Å²) in [6, 6.07) is 17.1. The van der Waals surface area contributed by atoms with E-state index in [9.17, 15) is 13.2 Å². The van der Waals surface area contributed by atoms with Gasteiger partial charge in [-0.3, -0.25) is 19.4 Å². The molecule has 0 aliphatic carbocycles. The van der Waals surface area contributed by atoms with Crippen LogP contribution in [-0.4, -0.2) is 31.5 Å². The van der Waals surface area contributed by atoms with Crippen molar-refractivity contribution in [2.45, 2.75) is 0 Å². The zero-order valence-electron chi connectivity index (χ0n) is 15.4. The predicted octanol–water partition coefficient (Wildman–Crippen LogP) is 2.10. The first kappa shape index (κ1) is 20.0. The lowest BCUT2D eigenvalue weighted by molar-refractivity contribution is -0.114. The van der Waals surface area contributed by atoms with E-state index in [0.717, 1.165) is 22.6 Å². The van der Waals surface area contributed by atoms with Crippen LogP contribution in [0.3, 0.4) is 0 Å². The minimum Gasteiger partial charge on any atom is -0.367 e. The Kier molecular flexibility index (Phi) is 5.89. The summed E-state index contributed by atoms with van der Waals surface area (Å²) in [7, 11) is -3.84. The van der Waals surface area contributed by atoms with E-state index in [4.69, 9.17) is 5.73 Å². The van der Waals surface area contributed by atoms with Crippen molar-refractivity contribution in [1.82, 2.24) is 10.3 Å². The lowest BCUT2D eigenvalue weighted by Crippen LogP contribution is -2.37. The summed E-state index contributed by atoms with van der Waals surface area (Å²) in [5, 5.41) is 7.60. The zero-order chi connectivity index (χ0) is 20.9. The molecule has 0 fully saturated rings. The number of aromatic nitrogens is 1. The van der Waals surface area contributed by atoms with E-state index in [1.54, 1.807) is 24.4 Å². The molecular weight excluding hydrogens is 392 g/mol. The molecule has 0 radical (unpaired) electrons. The second-order valence-electron chi connectivity index (χ2n) is 6.12. The number of guanidine groups is 1. The molecular formula is C20H18N4O4S. The molecule has 0 bridgehead atoms. The Labute approximate surface area is 167 Å². The first-order chi connectivity index (χ1) is 13.8. The number of oxime groups is 1. The van der Waals surface area contributed by atoms with Gasteiger partial charge in [0.15, 0.2) is 0 Å². The van der Waals surface area contributed by atoms with Gasteiger partial charge in [0.1, 0.15) is 0 Å². The highest BCUT2D eigenvalue weighted by atomic mass is 32.2. The fourth-order valence-corrected chi connectivity index (χ4v) is 2.80. The van der Waals surface area contributed by atoms with Gasteiger partial charge in [-0.15, -0.1) is 0 Å². The summed E-state index contributed by atoms with van der Waals surface area (Å²) < 4.78 is 26.2. The molecule has 0 saturated heterocycles. The second kappa shape index (κ2) is 8.53. The molecule has 0 unspecified atom stereocenters. The van der Waals surface area contributed by atoms with Crippen molar-refractivity contribution in [3.63, 3.8) is 0 Å². The van der Waals surface area contributed by atoms with E-state index in [2.05, 4.69) is 19.7 Å². The number of amides is 1. The monoisotopic (exact) mass is 410 g/mol. The fourth-order valence-electron chi connectivity index (χ4n) is 2.58. The van der Waals surface area contributed by atoms with Crippen molar-refractivity contribution in [2.75, 3.05) is 6.26 Å². The van der Waals surface area contributed by atoms with Crippen molar-refractivity contribution in [3.8, 4) is 0 Å². The molecule has 3 N–H and O–H groups in total. The Morgan fingerprint density at radius 2 is 1.90 bits per heavy atom. The highest BCUT2D eigenvalue weighted by Gasteiger charge is 2.14. The molecule has 1 heterocycles. The summed E-state index contributed by atoms with van der Waals surface area (Å²) in [5.41, 5.74) is 7.16. The second-order valence-corrected chi connectivity index (χ2v) is 7.67. The number of benzene rings is 2. The van der Waals surface area contributed by atoms with E-state index < -0.39 is 22.0 Å². The third-order valence-electron chi connectivity index (χ3n) is 3.81. The van der Waals surface area contributed by atoms with Crippen molar-refractivity contribution >= 4 is 44.4 Å². The van der Waals surface area contributed by atoms with Gasteiger partial charge in [-0.05, 0) is 39.7 Å². The predicted molar refractivity (Wildman–Crippen MR) is 112 cm³/mol. The van der Waals surface area contributed by atoms with Crippen molar-refractivity contribution in [2.24, 2.45) is 10.9 Å². The van der Waals surface area contributed by atoms with Gasteiger partial charge in [0.25, 0.3) is 5.91 Å². The van der Waals surface area contributed by atoms with Gasteiger partial charge in [0, 0.05) is 23.5 Å². The molecule has 9 heteroatoms. The van der Waals surface area contributed by atoms with Gasteiger partial charge >= 0.3 is 10.1 Å². The number of carbonyl (C=O) groups excluding carboxylic acids is 1. The largest absolute Gasteiger partial charge is 0.367 e. The number of nitrogens with two attached hydrogens (primary N) is 1. The Balaban J connectivity index is 1.96. The Morgan fingerprint density at radius 1 is 1.14 bits per heavy atom. The molecule has 3 rings (SSSR count). The van der Waals surface area contributed by atoms with Gasteiger partial charge in [-0.2, -0.15) is 8.42 Å². The number of nitrogens with zero attached hydrogens (tertiary/aromatic N) is 2. The van der Waals surface area contributed by atoms with Gasteiger partial charge < -0.3 is 5.73 Å². The van der Waals surface area contributed by atoms with E-state index in [-0.39, 0.29) is 5.57 Å². The minimum atomic E-state index is -3.84. The molecule has 1 aromatic heterocycles. The van der Waals surface area contributed by atoms with Crippen LogP contribution >= 0.6 is 0 Å². The normalized spacial score (nSPS) is 12.6. The number of hydrogen-bond donors (Lipinski definition) is 2. The summed E-state index contributed by atoms with van der Waals surface area (Å²) in [6.45, 7) is 0. The van der Waals surface area contributed by atoms with Crippen molar-refractivity contribution in [3.05, 3.63) is 78.1 Å². The highest BCUT2D eigenvalue weighted by Crippen LogP contribution is 2.21. The summed E-state index contributed by atoms with van der Waals surface area (Å²) in [4.78, 5) is 16.8. The average molecular weight is 410 g/mol. The van der Waals surface area contributed by atoms with Crippen molar-refractivity contribution in [1.29, 1.82) is 0 Å². The quantitative estimate of drug-likeness (QED) is 0.287. The highest BCUT2D eigenvalue weighted by molar-refractivity contribution is 7.85. The molecule has 8 nitrogen and oxygen atoms in total. The van der Waals surface area contributed by atoms with E-state index >= 15 is 0 Å². The van der Waals surface area contributed by atoms with Crippen LogP contribution in [-0.2, 0) is 19.2 Å². The van der Waals surface area contributed by atoms with Crippen LogP contribution in [0.4, 0.5) is 0 Å². The number of pyridine rings is 1. The zero-order valence-corrected chi connectivity index (χ0v) is 16.3. The molecule has 2 aromatic carbocycles. The number of rotatable bonds is 5. The van der Waals surface area contributed by atoms with Crippen LogP contribution in [0.2, 0.25) is 0 Å². The Bertz CT molecular complexity index is 1210. The molecule has 0 aliphatic heterocycles. The first-order valence-electron chi connectivity index (χ1n) is 8.46. The number of fused-ring (bicyclic) bond motifs is 1. The third kappa shape index (κ3) is 5.63. The fraction of sp³-hybridized carbons (Fsp3) is 0.0500. The molecule has 3 aromatic rings. The van der Waals surface area contributed by atoms with Crippen LogP contribution in [0.5, 0.6) is 0 Å². The molecule has 29 heavy (non-hydrogen) atoms. The number of hydrogen-bond acceptors (Lipinski definition) is 6. The maximum Gasteiger partial charge on any atom is 0.325 e. The van der Waals surface area contributed by atoms with E-state index in [1.807, 2.05) is 42.5 Å². The van der Waals surface area contributed by atoms with Crippen LogP contribution in [0.15, 0.2) is 72.1 Å². The molecule has 148 valence electrons. The topological polar surface area (TPSA) is 124 Å². The van der Waals surface area contributed by atoms with Crippen LogP contribution in [0, 0.1) is 0 Å². The van der Waals surface area contributed by atoms with Crippen LogP contribution < -0.4 is 11.1 Å². The SMILES string of the molecule is CS(=O)(=O)ON=C(N)NC(=O)/C(=C/c1ccc2ccccc2c1)c1cccnc1. The number of nitrogens with one attached hydrogen (secondary N) is 1. The maximum atomic E-state index is 12.8. The molecule has 0 atom stereocenters. The van der Waals surface area contributed by atoms with Gasteiger partial charge in [-0.25, -0.2) is 0 Å². The minimum absolute atomic E-state index is 0.269. The summed E-state index contributed by atoms with van der Waals surface area (Å²) >= 11 is 0. The van der Waals surface area contributed by atoms with Crippen LogP contribution in [0.25, 0.3) is 22.4 Å². The van der Waals surface area contributed by atoms with Gasteiger partial charge in [0.05, 0.1) is 6.26 Å². The smallest absolute Gasteiger partial charge is 0.325 e. The molecule has 0 aliphatic rings. The van der Waals surface area contributed by atoms with E-state index in [1.165, 1.54) is 6.20 Å². The van der Waals surface area contributed by atoms with Gasteiger partial charge in [-0.1, -0.05) is 42.5 Å². The first-order valence-corrected chi connectivity index (χ1v) is 10.3. The molecule has 0 saturated carbocycles.